The molecule has 11 nitrogen and oxygen atoms in total. The zero-order valence-corrected chi connectivity index (χ0v) is 15.7. The van der Waals surface area contributed by atoms with E-state index in [1.807, 2.05) is 6.07 Å². The summed E-state index contributed by atoms with van der Waals surface area (Å²) in [5, 5.41) is 26.7. The van der Waals surface area contributed by atoms with Crippen molar-refractivity contribution >= 4 is 34.5 Å². The van der Waals surface area contributed by atoms with Crippen molar-refractivity contribution in [2.24, 2.45) is 5.92 Å². The number of nitrogen functional groups attached to an aromatic ring is 1. The number of aliphatic hydroxyl groups excluding tert-OH is 2. The summed E-state index contributed by atoms with van der Waals surface area (Å²) in [6.45, 7) is 2.25. The molecule has 0 radical (unpaired) electrons. The van der Waals surface area contributed by atoms with Crippen LogP contribution in [0.15, 0.2) is 30.9 Å². The van der Waals surface area contributed by atoms with E-state index in [2.05, 4.69) is 30.6 Å². The van der Waals surface area contributed by atoms with Gasteiger partial charge in [-0.05, 0) is 25.5 Å². The van der Waals surface area contributed by atoms with Gasteiger partial charge in [0.05, 0.1) is 36.3 Å². The highest BCUT2D eigenvalue weighted by Gasteiger charge is 2.46. The lowest BCUT2D eigenvalue weighted by Gasteiger charge is -2.18. The molecule has 0 saturated heterocycles. The molecule has 1 fully saturated rings. The van der Waals surface area contributed by atoms with Crippen LogP contribution in [0.2, 0.25) is 0 Å². The Morgan fingerprint density at radius 2 is 2.17 bits per heavy atom. The normalized spacial score (nSPS) is 24.0. The quantitative estimate of drug-likeness (QED) is 0.397. The molecule has 29 heavy (non-hydrogen) atoms. The smallest absolute Gasteiger partial charge is 0.231 e. The molecule has 3 aromatic heterocycles. The van der Waals surface area contributed by atoms with Crippen LogP contribution in [0.4, 0.5) is 17.5 Å². The monoisotopic (exact) mass is 398 g/mol. The van der Waals surface area contributed by atoms with Gasteiger partial charge in [0, 0.05) is 12.7 Å². The highest BCUT2D eigenvalue weighted by molar-refractivity contribution is 5.84. The minimum absolute atomic E-state index is 0.174. The highest BCUT2D eigenvalue weighted by Crippen LogP contribution is 2.37. The molecule has 6 N–H and O–H groups in total. The number of carbonyl (C=O) groups is 1. The third-order valence-electron chi connectivity index (χ3n) is 5.06. The van der Waals surface area contributed by atoms with Crippen molar-refractivity contribution < 1.29 is 15.0 Å². The lowest BCUT2D eigenvalue weighted by Crippen LogP contribution is -2.38. The minimum Gasteiger partial charge on any atom is -0.390 e. The summed E-state index contributed by atoms with van der Waals surface area (Å²) in [4.78, 5) is 29.2. The van der Waals surface area contributed by atoms with Crippen LogP contribution < -0.4 is 16.4 Å². The van der Waals surface area contributed by atoms with Crippen molar-refractivity contribution in [2.45, 2.75) is 31.6 Å². The van der Waals surface area contributed by atoms with Gasteiger partial charge in [0.2, 0.25) is 11.9 Å². The van der Waals surface area contributed by atoms with Crippen LogP contribution in [-0.4, -0.2) is 59.4 Å². The van der Waals surface area contributed by atoms with Gasteiger partial charge >= 0.3 is 0 Å². The molecule has 0 spiro atoms. The second-order valence-corrected chi connectivity index (χ2v) is 6.91. The molecule has 1 amide bonds. The third kappa shape index (κ3) is 3.45. The van der Waals surface area contributed by atoms with Gasteiger partial charge in [-0.3, -0.25) is 9.78 Å². The molecule has 3 aromatic rings. The minimum atomic E-state index is -1.18. The number of hydrogen-bond donors (Lipinski definition) is 5. The predicted molar refractivity (Wildman–Crippen MR) is 105 cm³/mol. The van der Waals surface area contributed by atoms with Crippen LogP contribution in [0.5, 0.6) is 0 Å². The number of amides is 1. The van der Waals surface area contributed by atoms with Crippen molar-refractivity contribution in [1.29, 1.82) is 0 Å². The number of fused-ring (bicyclic) bond motifs is 1. The first-order valence-electron chi connectivity index (χ1n) is 9.30. The number of carbonyl (C=O) groups excluding carboxylic acids is 1. The van der Waals surface area contributed by atoms with Gasteiger partial charge in [0.15, 0.2) is 11.5 Å². The topological polar surface area (TPSA) is 164 Å². The fraction of sp³-hybridized carbons (Fsp3) is 0.389. The number of pyridine rings is 1. The number of rotatable bonds is 5. The molecule has 0 bridgehead atoms. The Hall–Kier alpha value is -3.31. The van der Waals surface area contributed by atoms with Crippen LogP contribution in [-0.2, 0) is 4.79 Å². The van der Waals surface area contributed by atoms with E-state index in [1.54, 1.807) is 30.0 Å². The van der Waals surface area contributed by atoms with Crippen LogP contribution in [0.25, 0.3) is 11.2 Å². The molecule has 3 heterocycles. The van der Waals surface area contributed by atoms with Crippen LogP contribution in [0.3, 0.4) is 0 Å². The zero-order chi connectivity index (χ0) is 20.5. The second kappa shape index (κ2) is 7.60. The molecule has 0 unspecified atom stereocenters. The van der Waals surface area contributed by atoms with Crippen molar-refractivity contribution in [3.63, 3.8) is 0 Å². The van der Waals surface area contributed by atoms with Crippen molar-refractivity contribution in [3.05, 3.63) is 30.9 Å². The summed E-state index contributed by atoms with van der Waals surface area (Å²) in [6.07, 6.45) is 2.67. The highest BCUT2D eigenvalue weighted by atomic mass is 16.3. The Kier molecular flexibility index (Phi) is 4.99. The summed E-state index contributed by atoms with van der Waals surface area (Å²) >= 11 is 0. The summed E-state index contributed by atoms with van der Waals surface area (Å²) in [5.41, 5.74) is 7.51. The number of aromatic nitrogens is 5. The SMILES string of the molecule is CCNC(=O)[C@@H]1C[C@H](n2cnc3c(N)nc(Nc4cccnc4)nc32)[C@@H](O)[C@H]1O. The van der Waals surface area contributed by atoms with Crippen molar-refractivity contribution in [1.82, 2.24) is 29.8 Å². The van der Waals surface area contributed by atoms with E-state index >= 15 is 0 Å². The molecule has 152 valence electrons. The standard InChI is InChI=1S/C18H22N8O3/c1-2-21-17(29)10-6-11(14(28)13(10)27)26-8-22-12-15(19)24-18(25-16(12)26)23-9-4-3-5-20-7-9/h3-5,7-8,10-11,13-14,27-28H,2,6H2,1H3,(H,21,29)(H3,19,23,24,25)/t10-,11+,13+,14-/m1/s1. The molecule has 1 saturated carbocycles. The van der Waals surface area contributed by atoms with Crippen molar-refractivity contribution in [2.75, 3.05) is 17.6 Å². The van der Waals surface area contributed by atoms with Gasteiger partial charge < -0.3 is 31.1 Å². The second-order valence-electron chi connectivity index (χ2n) is 6.91. The largest absolute Gasteiger partial charge is 0.390 e. The first-order valence-corrected chi connectivity index (χ1v) is 9.30. The third-order valence-corrected chi connectivity index (χ3v) is 5.06. The van der Waals surface area contributed by atoms with Crippen molar-refractivity contribution in [3.8, 4) is 0 Å². The molecule has 1 aliphatic carbocycles. The molecular weight excluding hydrogens is 376 g/mol. The Balaban J connectivity index is 1.68. The van der Waals surface area contributed by atoms with E-state index in [-0.39, 0.29) is 24.1 Å². The van der Waals surface area contributed by atoms with E-state index in [4.69, 9.17) is 5.73 Å². The maximum Gasteiger partial charge on any atom is 0.231 e. The number of aliphatic hydroxyl groups is 2. The number of imidazole rings is 1. The maximum absolute atomic E-state index is 12.2. The molecule has 1 aliphatic rings. The molecule has 4 rings (SSSR count). The predicted octanol–water partition coefficient (Wildman–Crippen LogP) is -0.0340. The Morgan fingerprint density at radius 1 is 1.34 bits per heavy atom. The fourth-order valence-corrected chi connectivity index (χ4v) is 3.65. The van der Waals surface area contributed by atoms with E-state index in [1.165, 1.54) is 6.33 Å². The van der Waals surface area contributed by atoms with Gasteiger partial charge in [0.25, 0.3) is 0 Å². The van der Waals surface area contributed by atoms with Crippen LogP contribution in [0, 0.1) is 5.92 Å². The van der Waals surface area contributed by atoms with Gasteiger partial charge in [-0.2, -0.15) is 9.97 Å². The number of anilines is 3. The average molecular weight is 398 g/mol. The van der Waals surface area contributed by atoms with E-state index in [0.29, 0.717) is 23.4 Å². The summed E-state index contributed by atoms with van der Waals surface area (Å²) in [5.74, 6) is -0.592. The molecule has 4 atom stereocenters. The first-order chi connectivity index (χ1) is 14.0. The average Bonchev–Trinajstić information content (AvgIpc) is 3.25. The molecule has 0 aromatic carbocycles. The van der Waals surface area contributed by atoms with E-state index < -0.39 is 24.2 Å². The zero-order valence-electron chi connectivity index (χ0n) is 15.7. The molecule has 0 aliphatic heterocycles. The number of nitrogens with two attached hydrogens (primary N) is 1. The van der Waals surface area contributed by atoms with Gasteiger partial charge in [0.1, 0.15) is 11.6 Å². The van der Waals surface area contributed by atoms with Gasteiger partial charge in [-0.25, -0.2) is 4.98 Å². The summed E-state index contributed by atoms with van der Waals surface area (Å²) in [6, 6.07) is 3.00. The maximum atomic E-state index is 12.2. The molecular formula is C18H22N8O3. The van der Waals surface area contributed by atoms with E-state index in [9.17, 15) is 15.0 Å². The summed E-state index contributed by atoms with van der Waals surface area (Å²) < 4.78 is 1.63. The van der Waals surface area contributed by atoms with Gasteiger partial charge in [-0.15, -0.1) is 0 Å². The van der Waals surface area contributed by atoms with Crippen LogP contribution in [0.1, 0.15) is 19.4 Å². The Labute approximate surface area is 166 Å². The number of nitrogens with zero attached hydrogens (tertiary/aromatic N) is 5. The first kappa shape index (κ1) is 19.0. The number of nitrogens with one attached hydrogen (secondary N) is 2. The fourth-order valence-electron chi connectivity index (χ4n) is 3.65. The summed E-state index contributed by atoms with van der Waals surface area (Å²) in [7, 11) is 0. The Morgan fingerprint density at radius 3 is 2.90 bits per heavy atom. The molecule has 11 heteroatoms. The lowest BCUT2D eigenvalue weighted by atomic mass is 10.0. The van der Waals surface area contributed by atoms with E-state index in [0.717, 1.165) is 0 Å². The Bertz CT molecular complexity index is 1020. The lowest BCUT2D eigenvalue weighted by molar-refractivity contribution is -0.128. The van der Waals surface area contributed by atoms with Gasteiger partial charge in [-0.1, -0.05) is 0 Å². The van der Waals surface area contributed by atoms with Crippen LogP contribution >= 0.6 is 0 Å². The number of hydrogen-bond acceptors (Lipinski definition) is 9.